The lowest BCUT2D eigenvalue weighted by Crippen LogP contribution is -1.98. The van der Waals surface area contributed by atoms with Crippen LogP contribution in [0.3, 0.4) is 0 Å². The lowest BCUT2D eigenvalue weighted by atomic mass is 10.2. The van der Waals surface area contributed by atoms with Crippen LogP contribution in [0.5, 0.6) is 17.2 Å². The molecule has 0 unspecified atom stereocenters. The molecule has 0 spiro atoms. The first-order chi connectivity index (χ1) is 7.13. The lowest BCUT2D eigenvalue weighted by molar-refractivity contribution is 0.109. The number of carbonyl (C=O) groups excluding carboxylic acids is 1. The Kier molecular flexibility index (Phi) is 3.74. The van der Waals surface area contributed by atoms with E-state index in [1.54, 1.807) is 0 Å². The molecule has 1 aromatic carbocycles. The van der Waals surface area contributed by atoms with Crippen LogP contribution in [0.25, 0.3) is 0 Å². The normalized spacial score (nSPS) is 9.53. The van der Waals surface area contributed by atoms with Crippen molar-refractivity contribution in [1.82, 2.24) is 0 Å². The molecule has 0 atom stereocenters. The number of ether oxygens (including phenoxy) is 3. The molecule has 0 saturated heterocycles. The van der Waals surface area contributed by atoms with E-state index in [-0.39, 0.29) is 0 Å². The highest BCUT2D eigenvalue weighted by atomic mass is 32.1. The molecule has 0 saturated carbocycles. The summed E-state index contributed by atoms with van der Waals surface area (Å²) in [4.78, 5) is 11.0. The third-order valence-corrected chi connectivity index (χ3v) is 2.14. The zero-order valence-corrected chi connectivity index (χ0v) is 9.51. The van der Waals surface area contributed by atoms with Crippen molar-refractivity contribution in [3.8, 4) is 17.2 Å². The van der Waals surface area contributed by atoms with Crippen molar-refractivity contribution in [2.75, 3.05) is 21.3 Å². The van der Waals surface area contributed by atoms with Crippen molar-refractivity contribution < 1.29 is 19.0 Å². The fourth-order valence-corrected chi connectivity index (χ4v) is 1.32. The summed E-state index contributed by atoms with van der Waals surface area (Å²) in [5.74, 6) is 1.29. The fourth-order valence-electron chi connectivity index (χ4n) is 1.20. The highest BCUT2D eigenvalue weighted by Crippen LogP contribution is 2.38. The first kappa shape index (κ1) is 11.6. The Morgan fingerprint density at radius 1 is 1.07 bits per heavy atom. The van der Waals surface area contributed by atoms with Crippen LogP contribution in [-0.4, -0.2) is 26.4 Å². The Balaban J connectivity index is 3.35. The number of hydrogen-bond acceptors (Lipinski definition) is 4. The Morgan fingerprint density at radius 2 is 1.53 bits per heavy atom. The average Bonchev–Trinajstić information content (AvgIpc) is 2.26. The molecule has 4 nitrogen and oxygen atoms in total. The SMILES string of the molecule is COc1cc(C(=O)[S])cc(OC)c1OC. The molecule has 81 valence electrons. The van der Waals surface area contributed by atoms with E-state index in [9.17, 15) is 4.79 Å². The number of methoxy groups -OCH3 is 3. The van der Waals surface area contributed by atoms with Gasteiger partial charge in [0.2, 0.25) is 10.9 Å². The summed E-state index contributed by atoms with van der Waals surface area (Å²) in [7, 11) is 4.46. The monoisotopic (exact) mass is 227 g/mol. The zero-order valence-electron chi connectivity index (χ0n) is 8.70. The van der Waals surface area contributed by atoms with Gasteiger partial charge in [-0.05, 0) is 24.8 Å². The van der Waals surface area contributed by atoms with Gasteiger partial charge in [-0.15, -0.1) is 0 Å². The van der Waals surface area contributed by atoms with Crippen LogP contribution in [0.4, 0.5) is 0 Å². The van der Waals surface area contributed by atoms with Gasteiger partial charge < -0.3 is 14.2 Å². The third kappa shape index (κ3) is 2.30. The van der Waals surface area contributed by atoms with E-state index in [1.807, 2.05) is 0 Å². The highest BCUT2D eigenvalue weighted by Gasteiger charge is 2.15. The van der Waals surface area contributed by atoms with Gasteiger partial charge in [0.15, 0.2) is 11.5 Å². The van der Waals surface area contributed by atoms with Crippen LogP contribution in [0.1, 0.15) is 10.4 Å². The van der Waals surface area contributed by atoms with Crippen molar-refractivity contribution >= 4 is 17.7 Å². The Labute approximate surface area is 93.5 Å². The minimum absolute atomic E-state index is 0.347. The van der Waals surface area contributed by atoms with Gasteiger partial charge in [-0.25, -0.2) is 0 Å². The molecule has 0 bridgehead atoms. The second-order valence-corrected chi connectivity index (χ2v) is 3.07. The molecule has 0 aliphatic heterocycles. The summed E-state index contributed by atoms with van der Waals surface area (Å²) < 4.78 is 15.2. The van der Waals surface area contributed by atoms with Gasteiger partial charge in [-0.2, -0.15) is 0 Å². The number of rotatable bonds is 4. The minimum Gasteiger partial charge on any atom is -0.493 e. The van der Waals surface area contributed by atoms with Crippen LogP contribution in [0.15, 0.2) is 12.1 Å². The van der Waals surface area contributed by atoms with Gasteiger partial charge in [-0.1, -0.05) is 0 Å². The number of carbonyl (C=O) groups is 1. The molecule has 1 radical (unpaired) electrons. The van der Waals surface area contributed by atoms with E-state index in [2.05, 4.69) is 12.6 Å². The van der Waals surface area contributed by atoms with E-state index in [0.29, 0.717) is 22.8 Å². The molecule has 0 aliphatic carbocycles. The molecule has 0 aliphatic rings. The second kappa shape index (κ2) is 4.84. The summed E-state index contributed by atoms with van der Waals surface area (Å²) in [5, 5.41) is -0.464. The predicted octanol–water partition coefficient (Wildman–Crippen LogP) is 2.05. The molecule has 0 amide bonds. The Bertz CT molecular complexity index is 351. The predicted molar refractivity (Wildman–Crippen MR) is 58.0 cm³/mol. The summed E-state index contributed by atoms with van der Waals surface area (Å²) >= 11 is 4.55. The maximum absolute atomic E-state index is 11.0. The summed E-state index contributed by atoms with van der Waals surface area (Å²) in [6.45, 7) is 0. The van der Waals surface area contributed by atoms with Gasteiger partial charge in [0, 0.05) is 5.56 Å². The summed E-state index contributed by atoms with van der Waals surface area (Å²) in [5.41, 5.74) is 0.347. The van der Waals surface area contributed by atoms with Crippen LogP contribution >= 0.6 is 12.6 Å². The molecule has 1 rings (SSSR count). The molecular weight excluding hydrogens is 216 g/mol. The van der Waals surface area contributed by atoms with Gasteiger partial charge in [0.05, 0.1) is 21.3 Å². The third-order valence-electron chi connectivity index (χ3n) is 1.90. The maximum Gasteiger partial charge on any atom is 0.249 e. The van der Waals surface area contributed by atoms with Crippen molar-refractivity contribution in [2.45, 2.75) is 0 Å². The van der Waals surface area contributed by atoms with E-state index in [4.69, 9.17) is 14.2 Å². The smallest absolute Gasteiger partial charge is 0.249 e. The molecule has 5 heteroatoms. The molecule has 15 heavy (non-hydrogen) atoms. The maximum atomic E-state index is 11.0. The van der Waals surface area contributed by atoms with Crippen molar-refractivity contribution in [3.63, 3.8) is 0 Å². The molecule has 0 heterocycles. The molecule has 0 aromatic heterocycles. The number of benzene rings is 1. The van der Waals surface area contributed by atoms with Crippen LogP contribution in [0, 0.1) is 0 Å². The second-order valence-electron chi connectivity index (χ2n) is 2.70. The molecule has 0 fully saturated rings. The standard InChI is InChI=1S/C10H11O4S/c1-12-7-4-6(10(11)15)5-8(13-2)9(7)14-3/h4-5H,1-3H3. The van der Waals surface area contributed by atoms with E-state index >= 15 is 0 Å². The van der Waals surface area contributed by atoms with Crippen molar-refractivity contribution in [2.24, 2.45) is 0 Å². The topological polar surface area (TPSA) is 44.8 Å². The van der Waals surface area contributed by atoms with Gasteiger partial charge in [-0.3, -0.25) is 4.79 Å². The zero-order chi connectivity index (χ0) is 11.4. The summed E-state index contributed by atoms with van der Waals surface area (Å²) in [6.07, 6.45) is 0. The highest BCUT2D eigenvalue weighted by molar-refractivity contribution is 7.97. The van der Waals surface area contributed by atoms with Gasteiger partial charge in [0.1, 0.15) is 0 Å². The summed E-state index contributed by atoms with van der Waals surface area (Å²) in [6, 6.07) is 3.05. The Morgan fingerprint density at radius 3 is 1.80 bits per heavy atom. The molecule has 1 aromatic rings. The van der Waals surface area contributed by atoms with Crippen LogP contribution in [-0.2, 0) is 0 Å². The molecular formula is C10H11O4S. The van der Waals surface area contributed by atoms with Crippen LogP contribution in [0.2, 0.25) is 0 Å². The number of hydrogen-bond donors (Lipinski definition) is 0. The van der Waals surface area contributed by atoms with E-state index in [1.165, 1.54) is 33.5 Å². The van der Waals surface area contributed by atoms with Gasteiger partial charge in [0.25, 0.3) is 0 Å². The lowest BCUT2D eigenvalue weighted by Gasteiger charge is -2.12. The first-order valence-electron chi connectivity index (χ1n) is 4.15. The fraction of sp³-hybridized carbons (Fsp3) is 0.300. The van der Waals surface area contributed by atoms with Crippen molar-refractivity contribution in [3.05, 3.63) is 17.7 Å². The van der Waals surface area contributed by atoms with E-state index < -0.39 is 5.12 Å². The van der Waals surface area contributed by atoms with Crippen LogP contribution < -0.4 is 14.2 Å². The van der Waals surface area contributed by atoms with Gasteiger partial charge >= 0.3 is 0 Å². The minimum atomic E-state index is -0.464. The first-order valence-corrected chi connectivity index (χ1v) is 4.56. The quantitative estimate of drug-likeness (QED) is 0.789. The Hall–Kier alpha value is -1.49. The largest absolute Gasteiger partial charge is 0.493 e. The molecule has 0 N–H and O–H groups in total. The van der Waals surface area contributed by atoms with Crippen molar-refractivity contribution in [1.29, 1.82) is 0 Å². The van der Waals surface area contributed by atoms with E-state index in [0.717, 1.165) is 0 Å². The average molecular weight is 227 g/mol.